The Kier molecular flexibility index (Phi) is 58.5. The van der Waals surface area contributed by atoms with Gasteiger partial charge in [-0.1, -0.05) is 261 Å². The molecule has 5 heteroatoms. The molecule has 0 aliphatic heterocycles. The number of carbonyl (C=O) groups excluding carboxylic acids is 2. The molecule has 0 radical (unpaired) electrons. The van der Waals surface area contributed by atoms with Crippen molar-refractivity contribution in [2.24, 2.45) is 0 Å². The largest absolute Gasteiger partial charge is 0.462 e. The normalized spacial score (nSPS) is 13.5. The molecule has 0 fully saturated rings. The van der Waals surface area contributed by atoms with Gasteiger partial charge in [0.1, 0.15) is 6.61 Å². The van der Waals surface area contributed by atoms with Crippen LogP contribution >= 0.6 is 0 Å². The van der Waals surface area contributed by atoms with E-state index in [9.17, 15) is 14.7 Å². The highest BCUT2D eigenvalue weighted by atomic mass is 16.6. The molecular formula is C69H108O5. The molecule has 414 valence electrons. The molecule has 1 unspecified atom stereocenters. The maximum Gasteiger partial charge on any atom is 0.306 e. The summed E-state index contributed by atoms with van der Waals surface area (Å²) < 4.78 is 10.7. The number of aliphatic hydroxyl groups excluding tert-OH is 1. The number of rotatable bonds is 52. The lowest BCUT2D eigenvalue weighted by Crippen LogP contribution is -2.28. The Balaban J connectivity index is 3.63. The maximum absolute atomic E-state index is 12.3. The summed E-state index contributed by atoms with van der Waals surface area (Å²) in [6.07, 6.45) is 97.5. The predicted molar refractivity (Wildman–Crippen MR) is 324 cm³/mol. The van der Waals surface area contributed by atoms with Crippen LogP contribution in [-0.2, 0) is 19.1 Å². The smallest absolute Gasteiger partial charge is 0.306 e. The van der Waals surface area contributed by atoms with E-state index in [1.165, 1.54) is 57.8 Å². The zero-order chi connectivity index (χ0) is 53.4. The molecule has 0 aromatic heterocycles. The SMILES string of the molecule is CC/C=C\C/C=C\C/C=C\C/C=C\C/C=C\C/C=C\C/C=C\C/C=C\C/C=C\CCCCCCCC(=O)OC(CO)COC(=O)CCCCCCCCCCCCC/C=C\C/C=C\C/C=C\C/C=C\C/C=C\CC. The number of carbonyl (C=O) groups is 2. The van der Waals surface area contributed by atoms with Crippen LogP contribution in [0.1, 0.15) is 232 Å². The van der Waals surface area contributed by atoms with Gasteiger partial charge < -0.3 is 14.6 Å². The first-order valence-corrected chi connectivity index (χ1v) is 29.7. The molecule has 0 aromatic carbocycles. The van der Waals surface area contributed by atoms with E-state index in [4.69, 9.17) is 9.47 Å². The topological polar surface area (TPSA) is 72.8 Å². The van der Waals surface area contributed by atoms with E-state index in [1.54, 1.807) is 0 Å². The maximum atomic E-state index is 12.3. The Bertz CT molecular complexity index is 1670. The van der Waals surface area contributed by atoms with Gasteiger partial charge in [0.25, 0.3) is 0 Å². The minimum Gasteiger partial charge on any atom is -0.462 e. The highest BCUT2D eigenvalue weighted by Crippen LogP contribution is 2.14. The fraction of sp³-hybridized carbons (Fsp3) is 0.565. The van der Waals surface area contributed by atoms with E-state index in [0.29, 0.717) is 12.8 Å². The number of unbranched alkanes of at least 4 members (excludes halogenated alkanes) is 16. The number of hydrogen-bond acceptors (Lipinski definition) is 5. The van der Waals surface area contributed by atoms with Gasteiger partial charge in [-0.2, -0.15) is 0 Å². The first-order valence-electron chi connectivity index (χ1n) is 29.7. The molecule has 74 heavy (non-hydrogen) atoms. The van der Waals surface area contributed by atoms with Crippen molar-refractivity contribution in [3.8, 4) is 0 Å². The lowest BCUT2D eigenvalue weighted by atomic mass is 10.0. The van der Waals surface area contributed by atoms with Crippen LogP contribution in [0.2, 0.25) is 0 Å². The van der Waals surface area contributed by atoms with Gasteiger partial charge >= 0.3 is 11.9 Å². The Morgan fingerprint density at radius 3 is 0.811 bits per heavy atom. The zero-order valence-electron chi connectivity index (χ0n) is 47.3. The van der Waals surface area contributed by atoms with E-state index in [0.717, 1.165) is 148 Å². The number of esters is 2. The summed E-state index contributed by atoms with van der Waals surface area (Å²) in [5, 5.41) is 9.67. The van der Waals surface area contributed by atoms with Gasteiger partial charge in [0, 0.05) is 12.8 Å². The number of allylic oxidation sites excluding steroid dienone is 28. The van der Waals surface area contributed by atoms with Crippen molar-refractivity contribution in [3.63, 3.8) is 0 Å². The van der Waals surface area contributed by atoms with E-state index in [2.05, 4.69) is 184 Å². The summed E-state index contributed by atoms with van der Waals surface area (Å²) in [7, 11) is 0. The van der Waals surface area contributed by atoms with Crippen molar-refractivity contribution in [2.75, 3.05) is 13.2 Å². The third kappa shape index (κ3) is 59.8. The van der Waals surface area contributed by atoms with Crippen molar-refractivity contribution < 1.29 is 24.2 Å². The molecule has 1 atom stereocenters. The second-order valence-electron chi connectivity index (χ2n) is 19.0. The number of hydrogen-bond donors (Lipinski definition) is 1. The third-order valence-corrected chi connectivity index (χ3v) is 12.0. The van der Waals surface area contributed by atoms with Gasteiger partial charge in [0.05, 0.1) is 6.61 Å². The highest BCUT2D eigenvalue weighted by Gasteiger charge is 2.16. The lowest BCUT2D eigenvalue weighted by molar-refractivity contribution is -0.161. The van der Waals surface area contributed by atoms with E-state index in [-0.39, 0.29) is 25.2 Å². The second-order valence-corrected chi connectivity index (χ2v) is 19.0. The average Bonchev–Trinajstić information content (AvgIpc) is 3.40. The van der Waals surface area contributed by atoms with Crippen molar-refractivity contribution in [2.45, 2.75) is 238 Å². The quantitative estimate of drug-likeness (QED) is 0.0373. The van der Waals surface area contributed by atoms with Crippen LogP contribution in [-0.4, -0.2) is 36.4 Å². The molecule has 0 aromatic rings. The summed E-state index contributed by atoms with van der Waals surface area (Å²) in [5.74, 6) is -0.627. The summed E-state index contributed by atoms with van der Waals surface area (Å²) in [6.45, 7) is 3.89. The van der Waals surface area contributed by atoms with Gasteiger partial charge in [0.2, 0.25) is 0 Å². The fourth-order valence-electron chi connectivity index (χ4n) is 7.63. The number of ether oxygens (including phenoxy) is 2. The molecule has 0 aliphatic carbocycles. The number of aliphatic hydroxyl groups is 1. The summed E-state index contributed by atoms with van der Waals surface area (Å²) in [4.78, 5) is 24.6. The third-order valence-electron chi connectivity index (χ3n) is 12.0. The van der Waals surface area contributed by atoms with E-state index < -0.39 is 6.10 Å². The van der Waals surface area contributed by atoms with Crippen LogP contribution in [0.15, 0.2) is 170 Å². The lowest BCUT2D eigenvalue weighted by Gasteiger charge is -2.15. The molecule has 0 amide bonds. The van der Waals surface area contributed by atoms with Crippen molar-refractivity contribution >= 4 is 11.9 Å². The molecule has 0 bridgehead atoms. The average molecular weight is 1020 g/mol. The molecule has 0 saturated carbocycles. The van der Waals surface area contributed by atoms with Gasteiger partial charge in [-0.25, -0.2) is 0 Å². The molecule has 0 heterocycles. The molecule has 1 N–H and O–H groups in total. The van der Waals surface area contributed by atoms with Crippen molar-refractivity contribution in [1.82, 2.24) is 0 Å². The Morgan fingerprint density at radius 2 is 0.541 bits per heavy atom. The predicted octanol–water partition coefficient (Wildman–Crippen LogP) is 20.5. The summed E-state index contributed by atoms with van der Waals surface area (Å²) in [6, 6.07) is 0. The van der Waals surface area contributed by atoms with Crippen LogP contribution in [0.3, 0.4) is 0 Å². The molecule has 0 rings (SSSR count). The second kappa shape index (κ2) is 62.6. The molecule has 5 nitrogen and oxygen atoms in total. The molecule has 0 spiro atoms. The zero-order valence-corrected chi connectivity index (χ0v) is 47.3. The Labute approximate surface area is 455 Å². The molecule has 0 saturated heterocycles. The van der Waals surface area contributed by atoms with Crippen molar-refractivity contribution in [1.29, 1.82) is 0 Å². The fourth-order valence-corrected chi connectivity index (χ4v) is 7.63. The first kappa shape index (κ1) is 69.3. The molecule has 0 aliphatic rings. The van der Waals surface area contributed by atoms with Crippen LogP contribution in [0.4, 0.5) is 0 Å². The minimum absolute atomic E-state index is 0.0868. The highest BCUT2D eigenvalue weighted by molar-refractivity contribution is 5.70. The van der Waals surface area contributed by atoms with Gasteiger partial charge in [0.15, 0.2) is 6.10 Å². The summed E-state index contributed by atoms with van der Waals surface area (Å²) in [5.41, 5.74) is 0. The van der Waals surface area contributed by atoms with Gasteiger partial charge in [-0.3, -0.25) is 9.59 Å². The van der Waals surface area contributed by atoms with Crippen LogP contribution in [0.25, 0.3) is 0 Å². The Morgan fingerprint density at radius 1 is 0.311 bits per heavy atom. The van der Waals surface area contributed by atoms with Crippen LogP contribution in [0, 0.1) is 0 Å². The van der Waals surface area contributed by atoms with Gasteiger partial charge in [-0.15, -0.1) is 0 Å². The van der Waals surface area contributed by atoms with Crippen LogP contribution < -0.4 is 0 Å². The van der Waals surface area contributed by atoms with E-state index in [1.807, 2.05) is 0 Å². The minimum atomic E-state index is -0.799. The summed E-state index contributed by atoms with van der Waals surface area (Å²) >= 11 is 0. The standard InChI is InChI=1S/C69H108O5/c1-3-5-7-9-11-13-15-17-19-21-23-25-27-29-31-32-33-34-35-36-38-40-42-44-46-48-50-52-54-56-58-60-62-64-69(72)74-67(65-70)66-73-68(71)63-61-59-57-55-53-51-49-47-45-43-41-39-37-30-28-26-24-22-20-18-16-14-12-10-8-6-4-2/h5-8,11-14,17-20,23-26,29-31,33-34,36-38,42,44,48,50,67,70H,3-4,9-10,15-16,21-22,27-28,32,35,39-41,43,45-47,49,51-66H2,1-2H3/b7-5-,8-6-,13-11-,14-12-,19-17-,20-18-,25-23-,26-24-,31-29-,34-33-,37-30-,38-36-,44-42-,50-48-. The van der Waals surface area contributed by atoms with Crippen LogP contribution in [0.5, 0.6) is 0 Å². The molecular weight excluding hydrogens is 909 g/mol. The van der Waals surface area contributed by atoms with E-state index >= 15 is 0 Å². The first-order chi connectivity index (χ1) is 36.6. The van der Waals surface area contributed by atoms with Gasteiger partial charge in [-0.05, 0) is 128 Å². The monoisotopic (exact) mass is 1020 g/mol. The van der Waals surface area contributed by atoms with Crippen molar-refractivity contribution in [3.05, 3.63) is 170 Å². The Hall–Kier alpha value is -4.74.